The lowest BCUT2D eigenvalue weighted by Crippen LogP contribution is -2.23. The predicted octanol–water partition coefficient (Wildman–Crippen LogP) is 3.26. The Hall–Kier alpha value is -2.25. The van der Waals surface area contributed by atoms with Crippen LogP contribution in [0.2, 0.25) is 5.02 Å². The average Bonchev–Trinajstić information content (AvgIpc) is 2.99. The molecule has 0 unspecified atom stereocenters. The lowest BCUT2D eigenvalue weighted by Gasteiger charge is -1.99. The first-order chi connectivity index (χ1) is 11.1. The van der Waals surface area contributed by atoms with Gasteiger partial charge in [0, 0.05) is 10.7 Å². The molecule has 8 heteroatoms. The van der Waals surface area contributed by atoms with E-state index in [1.165, 1.54) is 12.3 Å². The molecule has 3 aromatic rings. The molecular weight excluding hydrogens is 384 g/mol. The second-order valence-corrected chi connectivity index (χ2v) is 5.90. The summed E-state index contributed by atoms with van der Waals surface area (Å²) in [6.07, 6.45) is 5.03. The molecule has 0 aliphatic rings. The fraction of sp³-hybridized carbons (Fsp3) is 0.0667. The fourth-order valence-corrected chi connectivity index (χ4v) is 2.23. The lowest BCUT2D eigenvalue weighted by molar-refractivity contribution is 0.361. The molecule has 0 N–H and O–H groups in total. The Morgan fingerprint density at radius 3 is 2.78 bits per heavy atom. The van der Waals surface area contributed by atoms with Crippen LogP contribution < -0.4 is 5.56 Å². The first kappa shape index (κ1) is 15.6. The number of halogens is 2. The number of rotatable bonds is 4. The van der Waals surface area contributed by atoms with Crippen molar-refractivity contribution in [2.24, 2.45) is 0 Å². The Balaban J connectivity index is 1.74. The molecule has 0 saturated carbocycles. The third-order valence-corrected chi connectivity index (χ3v) is 3.75. The molecule has 0 amide bonds. The van der Waals surface area contributed by atoms with Gasteiger partial charge in [-0.15, -0.1) is 0 Å². The summed E-state index contributed by atoms with van der Waals surface area (Å²) in [6.45, 7) is 0.0680. The van der Waals surface area contributed by atoms with Gasteiger partial charge in [0.05, 0.1) is 0 Å². The highest BCUT2D eigenvalue weighted by Gasteiger charge is 2.08. The topological polar surface area (TPSA) is 73.8 Å². The van der Waals surface area contributed by atoms with E-state index in [0.717, 1.165) is 14.7 Å². The lowest BCUT2D eigenvalue weighted by atomic mass is 10.2. The van der Waals surface area contributed by atoms with E-state index in [2.05, 4.69) is 31.2 Å². The fourth-order valence-electron chi connectivity index (χ4n) is 1.81. The van der Waals surface area contributed by atoms with Crippen LogP contribution in [0.5, 0.6) is 0 Å². The van der Waals surface area contributed by atoms with E-state index in [1.807, 2.05) is 30.3 Å². The van der Waals surface area contributed by atoms with Crippen molar-refractivity contribution in [1.29, 1.82) is 0 Å². The summed E-state index contributed by atoms with van der Waals surface area (Å²) in [5, 5.41) is 7.85. The summed E-state index contributed by atoms with van der Waals surface area (Å²) in [7, 11) is 0. The molecule has 0 spiro atoms. The molecule has 0 fully saturated rings. The van der Waals surface area contributed by atoms with Crippen LogP contribution in [0.15, 0.2) is 50.3 Å². The van der Waals surface area contributed by atoms with E-state index in [4.69, 9.17) is 16.1 Å². The first-order valence-corrected chi connectivity index (χ1v) is 7.77. The second kappa shape index (κ2) is 6.89. The SMILES string of the molecule is O=c1c(Cl)ccnn1Cc1nc(/C=C/c2ccc(Br)cc2)no1. The van der Waals surface area contributed by atoms with Crippen molar-refractivity contribution < 1.29 is 4.52 Å². The first-order valence-electron chi connectivity index (χ1n) is 6.60. The smallest absolute Gasteiger partial charge is 0.285 e. The molecule has 0 radical (unpaired) electrons. The van der Waals surface area contributed by atoms with Crippen LogP contribution >= 0.6 is 27.5 Å². The van der Waals surface area contributed by atoms with E-state index < -0.39 is 5.56 Å². The minimum absolute atomic E-state index is 0.0680. The van der Waals surface area contributed by atoms with Crippen molar-refractivity contribution in [2.45, 2.75) is 6.54 Å². The van der Waals surface area contributed by atoms with Crippen molar-refractivity contribution in [3.05, 3.63) is 73.7 Å². The van der Waals surface area contributed by atoms with Crippen LogP contribution in [0.4, 0.5) is 0 Å². The van der Waals surface area contributed by atoms with E-state index in [9.17, 15) is 4.79 Å². The zero-order valence-corrected chi connectivity index (χ0v) is 14.0. The van der Waals surface area contributed by atoms with Crippen LogP contribution in [0.25, 0.3) is 12.2 Å². The maximum absolute atomic E-state index is 11.8. The molecule has 0 aliphatic heterocycles. The maximum atomic E-state index is 11.8. The predicted molar refractivity (Wildman–Crippen MR) is 90.0 cm³/mol. The Bertz CT molecular complexity index is 902. The highest BCUT2D eigenvalue weighted by molar-refractivity contribution is 9.10. The van der Waals surface area contributed by atoms with Gasteiger partial charge in [-0.25, -0.2) is 4.68 Å². The minimum Gasteiger partial charge on any atom is -0.337 e. The van der Waals surface area contributed by atoms with Crippen LogP contribution in [0.1, 0.15) is 17.3 Å². The largest absolute Gasteiger partial charge is 0.337 e. The minimum atomic E-state index is -0.403. The molecule has 2 aromatic heterocycles. The van der Waals surface area contributed by atoms with Gasteiger partial charge in [0.1, 0.15) is 11.6 Å². The molecule has 6 nitrogen and oxygen atoms in total. The molecule has 1 aromatic carbocycles. The number of hydrogen-bond acceptors (Lipinski definition) is 5. The molecular formula is C15H10BrClN4O2. The van der Waals surface area contributed by atoms with Gasteiger partial charge in [0.15, 0.2) is 5.82 Å². The van der Waals surface area contributed by atoms with Gasteiger partial charge in [-0.1, -0.05) is 50.9 Å². The number of aromatic nitrogens is 4. The third-order valence-electron chi connectivity index (χ3n) is 2.93. The van der Waals surface area contributed by atoms with E-state index in [1.54, 1.807) is 6.08 Å². The number of hydrogen-bond donors (Lipinski definition) is 0. The molecule has 23 heavy (non-hydrogen) atoms. The normalized spacial score (nSPS) is 11.2. The van der Waals surface area contributed by atoms with Gasteiger partial charge in [0.2, 0.25) is 5.89 Å². The standard InChI is InChI=1S/C15H10BrClN4O2/c16-11-4-1-10(2-5-11)3-6-13-19-14(23-20-13)9-21-15(22)12(17)7-8-18-21/h1-8H,9H2/b6-3+. The number of nitrogens with zero attached hydrogens (tertiary/aromatic N) is 4. The summed E-state index contributed by atoms with van der Waals surface area (Å²) < 4.78 is 7.28. The summed E-state index contributed by atoms with van der Waals surface area (Å²) in [6, 6.07) is 9.23. The van der Waals surface area contributed by atoms with E-state index in [0.29, 0.717) is 5.82 Å². The molecule has 0 aliphatic carbocycles. The average molecular weight is 394 g/mol. The van der Waals surface area contributed by atoms with Crippen LogP contribution in [0, 0.1) is 0 Å². The van der Waals surface area contributed by atoms with Crippen LogP contribution in [-0.4, -0.2) is 19.9 Å². The quantitative estimate of drug-likeness (QED) is 0.680. The molecule has 3 rings (SSSR count). The molecule has 116 valence electrons. The molecule has 2 heterocycles. The van der Waals surface area contributed by atoms with E-state index >= 15 is 0 Å². The zero-order valence-electron chi connectivity index (χ0n) is 11.7. The van der Waals surface area contributed by atoms with Gasteiger partial charge in [0.25, 0.3) is 5.56 Å². The van der Waals surface area contributed by atoms with Gasteiger partial charge >= 0.3 is 0 Å². The summed E-state index contributed by atoms with van der Waals surface area (Å²) in [5.74, 6) is 0.690. The Labute approximate surface area is 144 Å². The summed E-state index contributed by atoms with van der Waals surface area (Å²) >= 11 is 9.14. The Morgan fingerprint density at radius 2 is 2.00 bits per heavy atom. The molecule has 0 bridgehead atoms. The maximum Gasteiger partial charge on any atom is 0.285 e. The monoisotopic (exact) mass is 392 g/mol. The van der Waals surface area contributed by atoms with Gasteiger partial charge in [-0.3, -0.25) is 4.79 Å². The van der Waals surface area contributed by atoms with Crippen molar-refractivity contribution in [2.75, 3.05) is 0 Å². The third kappa shape index (κ3) is 3.94. The second-order valence-electron chi connectivity index (χ2n) is 4.57. The Morgan fingerprint density at radius 1 is 1.22 bits per heavy atom. The van der Waals surface area contributed by atoms with Gasteiger partial charge < -0.3 is 4.52 Å². The highest BCUT2D eigenvalue weighted by atomic mass is 79.9. The van der Waals surface area contributed by atoms with Gasteiger partial charge in [-0.2, -0.15) is 10.1 Å². The highest BCUT2D eigenvalue weighted by Crippen LogP contribution is 2.12. The Kier molecular flexibility index (Phi) is 4.68. The van der Waals surface area contributed by atoms with E-state index in [-0.39, 0.29) is 17.5 Å². The van der Waals surface area contributed by atoms with Crippen molar-refractivity contribution in [3.63, 3.8) is 0 Å². The van der Waals surface area contributed by atoms with Crippen LogP contribution in [0.3, 0.4) is 0 Å². The summed E-state index contributed by atoms with van der Waals surface area (Å²) in [5.41, 5.74) is 0.603. The van der Waals surface area contributed by atoms with Crippen LogP contribution in [-0.2, 0) is 6.54 Å². The van der Waals surface area contributed by atoms with Crippen molar-refractivity contribution in [3.8, 4) is 0 Å². The zero-order chi connectivity index (χ0) is 16.2. The van der Waals surface area contributed by atoms with Crippen molar-refractivity contribution >= 4 is 39.7 Å². The number of benzene rings is 1. The molecule has 0 saturated heterocycles. The van der Waals surface area contributed by atoms with Crippen molar-refractivity contribution in [1.82, 2.24) is 19.9 Å². The van der Waals surface area contributed by atoms with Gasteiger partial charge in [-0.05, 0) is 29.8 Å². The molecule has 0 atom stereocenters. The summed E-state index contributed by atoms with van der Waals surface area (Å²) in [4.78, 5) is 16.0.